The van der Waals surface area contributed by atoms with Crippen LogP contribution in [0.2, 0.25) is 0 Å². The average Bonchev–Trinajstić information content (AvgIpc) is 2.40. The van der Waals surface area contributed by atoms with Gasteiger partial charge in [0.15, 0.2) is 0 Å². The molecule has 4 heteroatoms. The van der Waals surface area contributed by atoms with E-state index < -0.39 is 0 Å². The number of hydrazine groups is 1. The minimum atomic E-state index is 0.402. The Morgan fingerprint density at radius 1 is 1.39 bits per heavy atom. The number of nitrogens with two attached hydrogens (primary N) is 1. The number of anilines is 1. The van der Waals surface area contributed by atoms with Crippen LogP contribution < -0.4 is 11.3 Å². The molecule has 1 aliphatic rings. The molecule has 0 saturated heterocycles. The van der Waals surface area contributed by atoms with Gasteiger partial charge in [0.25, 0.3) is 0 Å². The lowest BCUT2D eigenvalue weighted by Crippen LogP contribution is -2.26. The second kappa shape index (κ2) is 6.16. The maximum atomic E-state index is 5.99. The Hall–Kier alpha value is -1.13. The van der Waals surface area contributed by atoms with E-state index >= 15 is 0 Å². The van der Waals surface area contributed by atoms with Crippen molar-refractivity contribution in [2.24, 2.45) is 17.7 Å². The molecule has 1 aromatic heterocycles. The van der Waals surface area contributed by atoms with Crippen molar-refractivity contribution in [3.05, 3.63) is 23.9 Å². The molecule has 0 radical (unpaired) electrons. The van der Waals surface area contributed by atoms with E-state index in [-0.39, 0.29) is 0 Å². The van der Waals surface area contributed by atoms with Gasteiger partial charge in [0.2, 0.25) is 0 Å². The molecule has 0 amide bonds. The van der Waals surface area contributed by atoms with E-state index in [2.05, 4.69) is 24.3 Å². The van der Waals surface area contributed by atoms with E-state index in [0.717, 1.165) is 17.4 Å². The van der Waals surface area contributed by atoms with Crippen LogP contribution in [-0.4, -0.2) is 11.1 Å². The summed E-state index contributed by atoms with van der Waals surface area (Å²) in [4.78, 5) is 4.08. The fourth-order valence-electron chi connectivity index (χ4n) is 2.51. The Morgan fingerprint density at radius 2 is 2.22 bits per heavy atom. The molecule has 0 aromatic carbocycles. The van der Waals surface area contributed by atoms with Crippen molar-refractivity contribution in [3.8, 4) is 0 Å². The molecule has 18 heavy (non-hydrogen) atoms. The second-order valence-electron chi connectivity index (χ2n) is 5.39. The summed E-state index contributed by atoms with van der Waals surface area (Å²) in [7, 11) is 0. The SMILES string of the molecule is CC1CCC(OCc2ccnc(NN)c2)CC1C. The van der Waals surface area contributed by atoms with Crippen molar-refractivity contribution in [1.82, 2.24) is 4.98 Å². The van der Waals surface area contributed by atoms with Crippen LogP contribution in [0.25, 0.3) is 0 Å². The van der Waals surface area contributed by atoms with Gasteiger partial charge in [0, 0.05) is 6.20 Å². The third kappa shape index (κ3) is 3.43. The lowest BCUT2D eigenvalue weighted by molar-refractivity contribution is -0.00745. The maximum Gasteiger partial charge on any atom is 0.140 e. The quantitative estimate of drug-likeness (QED) is 0.636. The van der Waals surface area contributed by atoms with E-state index in [1.54, 1.807) is 6.20 Å². The largest absolute Gasteiger partial charge is 0.374 e. The van der Waals surface area contributed by atoms with Crippen LogP contribution in [0.15, 0.2) is 18.3 Å². The molecular weight excluding hydrogens is 226 g/mol. The average molecular weight is 249 g/mol. The highest BCUT2D eigenvalue weighted by Gasteiger charge is 2.24. The summed E-state index contributed by atoms with van der Waals surface area (Å²) in [6, 6.07) is 3.89. The molecule has 3 atom stereocenters. The Labute approximate surface area is 109 Å². The van der Waals surface area contributed by atoms with Crippen LogP contribution in [-0.2, 0) is 11.3 Å². The molecule has 1 saturated carbocycles. The number of nitrogens with one attached hydrogen (secondary N) is 1. The highest BCUT2D eigenvalue weighted by atomic mass is 16.5. The molecule has 1 aromatic rings. The molecule has 1 fully saturated rings. The monoisotopic (exact) mass is 249 g/mol. The molecule has 0 aliphatic heterocycles. The number of hydrogen-bond donors (Lipinski definition) is 2. The highest BCUT2D eigenvalue weighted by molar-refractivity contribution is 5.35. The van der Waals surface area contributed by atoms with Gasteiger partial charge in [-0.25, -0.2) is 10.8 Å². The summed E-state index contributed by atoms with van der Waals surface area (Å²) in [6.07, 6.45) is 5.78. The van der Waals surface area contributed by atoms with Crippen molar-refractivity contribution >= 4 is 5.82 Å². The molecule has 1 aliphatic carbocycles. The smallest absolute Gasteiger partial charge is 0.140 e. The standard InChI is InChI=1S/C14H23N3O/c1-10-3-4-13(7-11(10)2)18-9-12-5-6-16-14(8-12)17-15/h5-6,8,10-11,13H,3-4,7,9,15H2,1-2H3,(H,16,17). The molecular formula is C14H23N3O. The van der Waals surface area contributed by atoms with Crippen LogP contribution in [0.5, 0.6) is 0 Å². The molecule has 3 unspecified atom stereocenters. The Kier molecular flexibility index (Phi) is 4.55. The summed E-state index contributed by atoms with van der Waals surface area (Å²) in [5, 5.41) is 0. The summed E-state index contributed by atoms with van der Waals surface area (Å²) in [6.45, 7) is 5.30. The predicted molar refractivity (Wildman–Crippen MR) is 72.8 cm³/mol. The molecule has 4 nitrogen and oxygen atoms in total. The van der Waals surface area contributed by atoms with Gasteiger partial charge in [-0.2, -0.15) is 0 Å². The minimum Gasteiger partial charge on any atom is -0.374 e. The number of pyridine rings is 1. The van der Waals surface area contributed by atoms with E-state index in [1.807, 2.05) is 12.1 Å². The van der Waals surface area contributed by atoms with Crippen LogP contribution in [0.3, 0.4) is 0 Å². The lowest BCUT2D eigenvalue weighted by Gasteiger charge is -2.32. The summed E-state index contributed by atoms with van der Waals surface area (Å²) < 4.78 is 5.99. The summed E-state index contributed by atoms with van der Waals surface area (Å²) >= 11 is 0. The lowest BCUT2D eigenvalue weighted by atomic mass is 9.80. The number of aromatic nitrogens is 1. The molecule has 3 N–H and O–H groups in total. The predicted octanol–water partition coefficient (Wildman–Crippen LogP) is 2.71. The Bertz CT molecular complexity index is 383. The topological polar surface area (TPSA) is 60.2 Å². The fourth-order valence-corrected chi connectivity index (χ4v) is 2.51. The third-order valence-electron chi connectivity index (χ3n) is 4.01. The number of hydrogen-bond acceptors (Lipinski definition) is 4. The van der Waals surface area contributed by atoms with E-state index in [9.17, 15) is 0 Å². The van der Waals surface area contributed by atoms with Gasteiger partial charge in [-0.15, -0.1) is 0 Å². The summed E-state index contributed by atoms with van der Waals surface area (Å²) in [5.41, 5.74) is 3.67. The maximum absolute atomic E-state index is 5.99. The van der Waals surface area contributed by atoms with Gasteiger partial charge in [-0.05, 0) is 48.8 Å². The zero-order valence-corrected chi connectivity index (χ0v) is 11.2. The van der Waals surface area contributed by atoms with Crippen LogP contribution >= 0.6 is 0 Å². The van der Waals surface area contributed by atoms with E-state index in [4.69, 9.17) is 10.6 Å². The number of nitrogen functional groups attached to an aromatic ring is 1. The number of nitrogens with zero attached hydrogens (tertiary/aromatic N) is 1. The second-order valence-corrected chi connectivity index (χ2v) is 5.39. The van der Waals surface area contributed by atoms with E-state index in [1.165, 1.54) is 19.3 Å². The zero-order chi connectivity index (χ0) is 13.0. The van der Waals surface area contributed by atoms with Gasteiger partial charge < -0.3 is 10.2 Å². The van der Waals surface area contributed by atoms with Gasteiger partial charge in [-0.1, -0.05) is 13.8 Å². The Balaban J connectivity index is 1.84. The first-order valence-corrected chi connectivity index (χ1v) is 6.72. The van der Waals surface area contributed by atoms with Crippen molar-refractivity contribution in [2.75, 3.05) is 5.43 Å². The molecule has 2 rings (SSSR count). The first-order chi connectivity index (χ1) is 8.69. The normalized spacial score (nSPS) is 28.1. The number of rotatable bonds is 4. The Morgan fingerprint density at radius 3 is 2.94 bits per heavy atom. The fraction of sp³-hybridized carbons (Fsp3) is 0.643. The third-order valence-corrected chi connectivity index (χ3v) is 4.01. The molecule has 0 bridgehead atoms. The zero-order valence-electron chi connectivity index (χ0n) is 11.2. The van der Waals surface area contributed by atoms with Crippen molar-refractivity contribution in [2.45, 2.75) is 45.8 Å². The first kappa shape index (κ1) is 13.3. The van der Waals surface area contributed by atoms with Crippen LogP contribution in [0.1, 0.15) is 38.7 Å². The van der Waals surface area contributed by atoms with Gasteiger partial charge >= 0.3 is 0 Å². The molecule has 100 valence electrons. The van der Waals surface area contributed by atoms with Crippen LogP contribution in [0.4, 0.5) is 5.82 Å². The minimum absolute atomic E-state index is 0.402. The first-order valence-electron chi connectivity index (χ1n) is 6.72. The summed E-state index contributed by atoms with van der Waals surface area (Å²) in [5.74, 6) is 7.62. The van der Waals surface area contributed by atoms with Crippen molar-refractivity contribution in [1.29, 1.82) is 0 Å². The van der Waals surface area contributed by atoms with Crippen LogP contribution in [0, 0.1) is 11.8 Å². The van der Waals surface area contributed by atoms with Crippen molar-refractivity contribution in [3.63, 3.8) is 0 Å². The van der Waals surface area contributed by atoms with Gasteiger partial charge in [-0.3, -0.25) is 0 Å². The highest BCUT2D eigenvalue weighted by Crippen LogP contribution is 2.31. The molecule has 0 spiro atoms. The van der Waals surface area contributed by atoms with Gasteiger partial charge in [0.05, 0.1) is 12.7 Å². The van der Waals surface area contributed by atoms with E-state index in [0.29, 0.717) is 18.5 Å². The van der Waals surface area contributed by atoms with Gasteiger partial charge in [0.1, 0.15) is 5.82 Å². The van der Waals surface area contributed by atoms with Crippen molar-refractivity contribution < 1.29 is 4.74 Å². The number of ether oxygens (including phenoxy) is 1. The molecule has 1 heterocycles.